The van der Waals surface area contributed by atoms with E-state index in [0.717, 1.165) is 11.1 Å². The van der Waals surface area contributed by atoms with E-state index in [1.165, 1.54) is 14.2 Å². The Hall–Kier alpha value is -3.10. The second kappa shape index (κ2) is 7.62. The van der Waals surface area contributed by atoms with Crippen LogP contribution in [0.1, 0.15) is 35.3 Å². The molecule has 1 aliphatic rings. The SMILES string of the molecule is COc1ccc(C2=NN(C(=O)c3ccc(C(F)(F)F)c(F)c3)CC2(C)C)cc1OC. The lowest BCUT2D eigenvalue weighted by molar-refractivity contribution is -0.140. The molecule has 0 N–H and O–H groups in total. The van der Waals surface area contributed by atoms with Gasteiger partial charge in [-0.15, -0.1) is 0 Å². The summed E-state index contributed by atoms with van der Waals surface area (Å²) in [5.74, 6) is -1.17. The minimum absolute atomic E-state index is 0.179. The number of halogens is 4. The molecule has 0 saturated carbocycles. The fraction of sp³-hybridized carbons (Fsp3) is 0.333. The van der Waals surface area contributed by atoms with Crippen molar-refractivity contribution >= 4 is 11.6 Å². The molecule has 1 heterocycles. The van der Waals surface area contributed by atoms with Crippen LogP contribution in [0.5, 0.6) is 11.5 Å². The largest absolute Gasteiger partial charge is 0.493 e. The molecule has 30 heavy (non-hydrogen) atoms. The van der Waals surface area contributed by atoms with Gasteiger partial charge in [-0.2, -0.15) is 18.3 Å². The van der Waals surface area contributed by atoms with E-state index >= 15 is 0 Å². The minimum atomic E-state index is -4.83. The van der Waals surface area contributed by atoms with Crippen molar-refractivity contribution in [2.45, 2.75) is 20.0 Å². The molecule has 9 heteroatoms. The zero-order chi connectivity index (χ0) is 22.3. The van der Waals surface area contributed by atoms with Gasteiger partial charge >= 0.3 is 6.18 Å². The Morgan fingerprint density at radius 2 is 1.73 bits per heavy atom. The highest BCUT2D eigenvalue weighted by Crippen LogP contribution is 2.36. The Balaban J connectivity index is 1.94. The van der Waals surface area contributed by atoms with Crippen LogP contribution in [0, 0.1) is 11.2 Å². The molecule has 0 atom stereocenters. The third-order valence-corrected chi connectivity index (χ3v) is 4.82. The predicted molar refractivity (Wildman–Crippen MR) is 102 cm³/mol. The van der Waals surface area contributed by atoms with E-state index in [9.17, 15) is 22.4 Å². The number of hydrazone groups is 1. The Morgan fingerprint density at radius 3 is 2.30 bits per heavy atom. The summed E-state index contributed by atoms with van der Waals surface area (Å²) >= 11 is 0. The lowest BCUT2D eigenvalue weighted by atomic mass is 9.84. The Bertz CT molecular complexity index is 1020. The monoisotopic (exact) mass is 424 g/mol. The number of hydrogen-bond donors (Lipinski definition) is 0. The van der Waals surface area contributed by atoms with Crippen LogP contribution in [0.25, 0.3) is 0 Å². The lowest BCUT2D eigenvalue weighted by Crippen LogP contribution is -2.31. The first-order valence-corrected chi connectivity index (χ1v) is 8.98. The van der Waals surface area contributed by atoms with Gasteiger partial charge in [0.1, 0.15) is 5.82 Å². The Labute approximate surface area is 170 Å². The van der Waals surface area contributed by atoms with Crippen molar-refractivity contribution in [3.63, 3.8) is 0 Å². The maximum atomic E-state index is 13.9. The maximum Gasteiger partial charge on any atom is 0.419 e. The standard InChI is InChI=1S/C21H20F4N2O3/c1-20(2)11-27(19(28)13-5-7-14(15(22)9-13)21(23,24)25)26-18(20)12-6-8-16(29-3)17(10-12)30-4/h5-10H,11H2,1-4H3. The highest BCUT2D eigenvalue weighted by Gasteiger charge is 2.39. The Morgan fingerprint density at radius 1 is 1.07 bits per heavy atom. The number of benzene rings is 2. The molecule has 1 amide bonds. The van der Waals surface area contributed by atoms with Crippen molar-refractivity contribution in [2.24, 2.45) is 10.5 Å². The molecule has 2 aromatic rings. The van der Waals surface area contributed by atoms with Crippen LogP contribution < -0.4 is 9.47 Å². The highest BCUT2D eigenvalue weighted by atomic mass is 19.4. The van der Waals surface area contributed by atoms with Crippen molar-refractivity contribution in [2.75, 3.05) is 20.8 Å². The first-order chi connectivity index (χ1) is 14.0. The van der Waals surface area contributed by atoms with Gasteiger partial charge in [0, 0.05) is 16.5 Å². The number of hydrogen-bond acceptors (Lipinski definition) is 4. The van der Waals surface area contributed by atoms with Gasteiger partial charge in [-0.3, -0.25) is 4.79 Å². The van der Waals surface area contributed by atoms with Crippen LogP contribution in [-0.2, 0) is 6.18 Å². The predicted octanol–water partition coefficient (Wildman–Crippen LogP) is 4.75. The first kappa shape index (κ1) is 21.6. The number of rotatable bonds is 4. The third-order valence-electron chi connectivity index (χ3n) is 4.82. The van der Waals surface area contributed by atoms with Gasteiger partial charge in [0.05, 0.1) is 32.0 Å². The average molecular weight is 424 g/mol. The number of methoxy groups -OCH3 is 2. The van der Waals surface area contributed by atoms with Crippen LogP contribution in [0.4, 0.5) is 17.6 Å². The van der Waals surface area contributed by atoms with Gasteiger partial charge in [0.2, 0.25) is 0 Å². The summed E-state index contributed by atoms with van der Waals surface area (Å²) in [5, 5.41) is 5.51. The molecule has 0 aliphatic carbocycles. The molecule has 160 valence electrons. The molecular formula is C21H20F4N2O3. The van der Waals surface area contributed by atoms with Crippen LogP contribution in [-0.4, -0.2) is 37.4 Å². The van der Waals surface area contributed by atoms with Gasteiger partial charge in [-0.1, -0.05) is 13.8 Å². The van der Waals surface area contributed by atoms with Gasteiger partial charge < -0.3 is 9.47 Å². The lowest BCUT2D eigenvalue weighted by Gasteiger charge is -2.21. The summed E-state index contributed by atoms with van der Waals surface area (Å²) in [7, 11) is 3.01. The van der Waals surface area contributed by atoms with Crippen molar-refractivity contribution < 1.29 is 31.8 Å². The number of carbonyl (C=O) groups excluding carboxylic acids is 1. The summed E-state index contributed by atoms with van der Waals surface area (Å²) < 4.78 is 62.7. The molecule has 0 unspecified atom stereocenters. The van der Waals surface area contributed by atoms with E-state index in [1.54, 1.807) is 18.2 Å². The van der Waals surface area contributed by atoms with E-state index in [1.807, 2.05) is 13.8 Å². The van der Waals surface area contributed by atoms with Crippen molar-refractivity contribution in [1.82, 2.24) is 5.01 Å². The molecule has 3 rings (SSSR count). The third kappa shape index (κ3) is 3.96. The molecule has 0 fully saturated rings. The maximum absolute atomic E-state index is 13.9. The summed E-state index contributed by atoms with van der Waals surface area (Å²) in [6.07, 6.45) is -4.83. The summed E-state index contributed by atoms with van der Waals surface area (Å²) in [4.78, 5) is 12.8. The molecule has 0 bridgehead atoms. The fourth-order valence-electron chi connectivity index (χ4n) is 3.32. The second-order valence-electron chi connectivity index (χ2n) is 7.46. The van der Waals surface area contributed by atoms with Crippen LogP contribution in [0.2, 0.25) is 0 Å². The molecule has 0 spiro atoms. The van der Waals surface area contributed by atoms with Crippen LogP contribution in [0.3, 0.4) is 0 Å². The summed E-state index contributed by atoms with van der Waals surface area (Å²) in [6.45, 7) is 3.93. The number of amides is 1. The molecule has 0 aromatic heterocycles. The smallest absolute Gasteiger partial charge is 0.419 e. The molecule has 1 aliphatic heterocycles. The average Bonchev–Trinajstić information content (AvgIpc) is 3.00. The zero-order valence-electron chi connectivity index (χ0n) is 16.8. The van der Waals surface area contributed by atoms with Gasteiger partial charge in [-0.25, -0.2) is 9.40 Å². The topological polar surface area (TPSA) is 51.1 Å². The van der Waals surface area contributed by atoms with E-state index in [-0.39, 0.29) is 12.1 Å². The summed E-state index contributed by atoms with van der Waals surface area (Å²) in [6, 6.07) is 7.30. The van der Waals surface area contributed by atoms with E-state index < -0.39 is 28.9 Å². The van der Waals surface area contributed by atoms with Crippen molar-refractivity contribution in [3.8, 4) is 11.5 Å². The van der Waals surface area contributed by atoms with Gasteiger partial charge in [0.25, 0.3) is 5.91 Å². The Kier molecular flexibility index (Phi) is 5.49. The normalized spacial score (nSPS) is 15.7. The van der Waals surface area contributed by atoms with E-state index in [4.69, 9.17) is 9.47 Å². The molecule has 5 nitrogen and oxygen atoms in total. The van der Waals surface area contributed by atoms with E-state index in [0.29, 0.717) is 34.9 Å². The van der Waals surface area contributed by atoms with Crippen LogP contribution >= 0.6 is 0 Å². The molecule has 0 saturated heterocycles. The number of ether oxygens (including phenoxy) is 2. The number of carbonyl (C=O) groups is 1. The van der Waals surface area contributed by atoms with Crippen molar-refractivity contribution in [1.29, 1.82) is 0 Å². The van der Waals surface area contributed by atoms with Crippen LogP contribution in [0.15, 0.2) is 41.5 Å². The van der Waals surface area contributed by atoms with E-state index in [2.05, 4.69) is 5.10 Å². The van der Waals surface area contributed by atoms with Gasteiger partial charge in [0.15, 0.2) is 11.5 Å². The minimum Gasteiger partial charge on any atom is -0.493 e. The highest BCUT2D eigenvalue weighted by molar-refractivity contribution is 6.08. The number of nitrogens with zero attached hydrogens (tertiary/aromatic N) is 2. The zero-order valence-corrected chi connectivity index (χ0v) is 16.8. The molecular weight excluding hydrogens is 404 g/mol. The molecule has 2 aromatic carbocycles. The van der Waals surface area contributed by atoms with Gasteiger partial charge in [-0.05, 0) is 36.4 Å². The molecule has 0 radical (unpaired) electrons. The number of alkyl halides is 3. The summed E-state index contributed by atoms with van der Waals surface area (Å²) in [5.41, 5.74) is -0.903. The quantitative estimate of drug-likeness (QED) is 0.666. The fourth-order valence-corrected chi connectivity index (χ4v) is 3.32. The second-order valence-corrected chi connectivity index (χ2v) is 7.46. The van der Waals surface area contributed by atoms with Crippen molar-refractivity contribution in [3.05, 3.63) is 58.9 Å². The first-order valence-electron chi connectivity index (χ1n) is 8.98.